The number of aryl methyl sites for hydroxylation is 1. The van der Waals surface area contributed by atoms with Gasteiger partial charge in [-0.25, -0.2) is 14.5 Å². The summed E-state index contributed by atoms with van der Waals surface area (Å²) in [6, 6.07) is 5.22. The highest BCUT2D eigenvalue weighted by Gasteiger charge is 2.21. The average Bonchev–Trinajstić information content (AvgIpc) is 2.86. The average molecular weight is 275 g/mol. The van der Waals surface area contributed by atoms with Gasteiger partial charge < -0.3 is 14.9 Å². The molecule has 0 saturated carbocycles. The molecule has 1 saturated heterocycles. The maximum Gasteiger partial charge on any atom is 0.337 e. The second kappa shape index (κ2) is 5.13. The van der Waals surface area contributed by atoms with Gasteiger partial charge in [-0.3, -0.25) is 0 Å². The van der Waals surface area contributed by atoms with Crippen molar-refractivity contribution >= 4 is 17.0 Å². The molecule has 1 N–H and O–H groups in total. The number of morpholine rings is 1. The van der Waals surface area contributed by atoms with Crippen molar-refractivity contribution < 1.29 is 14.6 Å². The number of carbonyl (C=O) groups is 1. The number of ether oxygens (including phenoxy) is 1. The van der Waals surface area contributed by atoms with Crippen LogP contribution in [0.1, 0.15) is 23.1 Å². The molecule has 6 nitrogen and oxygen atoms in total. The van der Waals surface area contributed by atoms with Gasteiger partial charge in [0.15, 0.2) is 0 Å². The van der Waals surface area contributed by atoms with Crippen LogP contribution in [0, 0.1) is 0 Å². The summed E-state index contributed by atoms with van der Waals surface area (Å²) in [6.45, 7) is 4.81. The van der Waals surface area contributed by atoms with Gasteiger partial charge in [0, 0.05) is 6.42 Å². The van der Waals surface area contributed by atoms with Gasteiger partial charge in [-0.2, -0.15) is 0 Å². The molecular formula is C14H17N3O3. The Bertz CT molecular complexity index is 644. The zero-order valence-electron chi connectivity index (χ0n) is 11.4. The van der Waals surface area contributed by atoms with Crippen molar-refractivity contribution in [2.75, 3.05) is 31.3 Å². The molecule has 106 valence electrons. The Hall–Kier alpha value is -2.08. The third-order valence-electron chi connectivity index (χ3n) is 3.54. The second-order valence-electron chi connectivity index (χ2n) is 4.74. The van der Waals surface area contributed by atoms with Crippen LogP contribution in [0.4, 0.5) is 0 Å². The third kappa shape index (κ3) is 2.02. The number of rotatable bonds is 3. The number of fused-ring (bicyclic) bond motifs is 1. The Labute approximate surface area is 116 Å². The maximum atomic E-state index is 11.5. The Kier molecular flexibility index (Phi) is 3.31. The van der Waals surface area contributed by atoms with Crippen LogP contribution in [0.3, 0.4) is 0 Å². The van der Waals surface area contributed by atoms with Gasteiger partial charge in [-0.05, 0) is 12.1 Å². The smallest absolute Gasteiger partial charge is 0.337 e. The van der Waals surface area contributed by atoms with E-state index in [0.717, 1.165) is 30.9 Å². The molecule has 0 unspecified atom stereocenters. The summed E-state index contributed by atoms with van der Waals surface area (Å²) < 4.78 is 7.33. The number of nitrogens with zero attached hydrogens (tertiary/aromatic N) is 3. The van der Waals surface area contributed by atoms with Crippen molar-refractivity contribution in [2.24, 2.45) is 0 Å². The van der Waals surface area contributed by atoms with Gasteiger partial charge in [0.05, 0.1) is 37.4 Å². The van der Waals surface area contributed by atoms with Gasteiger partial charge in [0.2, 0.25) is 0 Å². The van der Waals surface area contributed by atoms with E-state index in [2.05, 4.69) is 9.99 Å². The number of benzene rings is 1. The SMILES string of the molecule is CCc1nc2cccc(C(=O)O)c2n1N1CCOCC1. The highest BCUT2D eigenvalue weighted by atomic mass is 16.5. The van der Waals surface area contributed by atoms with E-state index in [9.17, 15) is 9.90 Å². The van der Waals surface area contributed by atoms with Crippen LogP contribution in [-0.2, 0) is 11.2 Å². The molecule has 0 amide bonds. The normalized spacial score (nSPS) is 15.8. The van der Waals surface area contributed by atoms with Crippen molar-refractivity contribution in [1.82, 2.24) is 9.66 Å². The summed E-state index contributed by atoms with van der Waals surface area (Å²) in [4.78, 5) is 16.0. The fourth-order valence-corrected chi connectivity index (χ4v) is 2.62. The molecule has 6 heteroatoms. The predicted octanol–water partition coefficient (Wildman–Crippen LogP) is 1.27. The fourth-order valence-electron chi connectivity index (χ4n) is 2.62. The molecule has 1 aromatic heterocycles. The number of carboxylic acid groups (broad SMARTS) is 1. The number of hydrogen-bond acceptors (Lipinski definition) is 4. The monoisotopic (exact) mass is 275 g/mol. The minimum absolute atomic E-state index is 0.293. The Morgan fingerprint density at radius 2 is 2.15 bits per heavy atom. The molecular weight excluding hydrogens is 258 g/mol. The van der Waals surface area contributed by atoms with E-state index < -0.39 is 5.97 Å². The van der Waals surface area contributed by atoms with Crippen molar-refractivity contribution in [3.8, 4) is 0 Å². The minimum atomic E-state index is -0.923. The standard InChI is InChI=1S/C14H17N3O3/c1-2-12-15-11-5-3-4-10(14(18)19)13(11)17(12)16-6-8-20-9-7-16/h3-5H,2,6-9H2,1H3,(H,18,19). The Morgan fingerprint density at radius 3 is 2.80 bits per heavy atom. The Morgan fingerprint density at radius 1 is 1.40 bits per heavy atom. The topological polar surface area (TPSA) is 67.6 Å². The molecule has 1 aliphatic rings. The first kappa shape index (κ1) is 12.9. The van der Waals surface area contributed by atoms with E-state index in [1.54, 1.807) is 12.1 Å². The number of aromatic carboxylic acids is 1. The predicted molar refractivity (Wildman–Crippen MR) is 74.8 cm³/mol. The number of para-hydroxylation sites is 1. The third-order valence-corrected chi connectivity index (χ3v) is 3.54. The van der Waals surface area contributed by atoms with Crippen LogP contribution in [0.5, 0.6) is 0 Å². The van der Waals surface area contributed by atoms with Gasteiger partial charge in [0.25, 0.3) is 0 Å². The lowest BCUT2D eigenvalue weighted by Gasteiger charge is -2.31. The summed E-state index contributed by atoms with van der Waals surface area (Å²) >= 11 is 0. The van der Waals surface area contributed by atoms with Crippen molar-refractivity contribution in [3.05, 3.63) is 29.6 Å². The van der Waals surface area contributed by atoms with Crippen LogP contribution in [0.25, 0.3) is 11.0 Å². The molecule has 0 radical (unpaired) electrons. The lowest BCUT2D eigenvalue weighted by Crippen LogP contribution is -2.44. The first-order valence-electron chi connectivity index (χ1n) is 6.79. The molecule has 0 aliphatic carbocycles. The molecule has 0 spiro atoms. The highest BCUT2D eigenvalue weighted by Crippen LogP contribution is 2.22. The maximum absolute atomic E-state index is 11.5. The molecule has 1 fully saturated rings. The van der Waals surface area contributed by atoms with Crippen LogP contribution in [-0.4, -0.2) is 47.0 Å². The van der Waals surface area contributed by atoms with Crippen LogP contribution >= 0.6 is 0 Å². The molecule has 20 heavy (non-hydrogen) atoms. The van der Waals surface area contributed by atoms with Gasteiger partial charge in [-0.15, -0.1) is 0 Å². The number of aromatic nitrogens is 2. The Balaban J connectivity index is 2.23. The van der Waals surface area contributed by atoms with Crippen LogP contribution in [0.2, 0.25) is 0 Å². The number of hydrogen-bond donors (Lipinski definition) is 1. The van der Waals surface area contributed by atoms with Gasteiger partial charge in [0.1, 0.15) is 11.3 Å². The first-order valence-corrected chi connectivity index (χ1v) is 6.79. The van der Waals surface area contributed by atoms with Gasteiger partial charge >= 0.3 is 5.97 Å². The van der Waals surface area contributed by atoms with Crippen LogP contribution in [0.15, 0.2) is 18.2 Å². The van der Waals surface area contributed by atoms with E-state index >= 15 is 0 Å². The summed E-state index contributed by atoms with van der Waals surface area (Å²) in [5.74, 6) is -0.0386. The first-order chi connectivity index (χ1) is 9.72. The van der Waals surface area contributed by atoms with Gasteiger partial charge in [-0.1, -0.05) is 13.0 Å². The second-order valence-corrected chi connectivity index (χ2v) is 4.74. The largest absolute Gasteiger partial charge is 0.478 e. The molecule has 0 atom stereocenters. The van der Waals surface area contributed by atoms with E-state index in [-0.39, 0.29) is 0 Å². The molecule has 3 rings (SSSR count). The number of imidazole rings is 1. The summed E-state index contributed by atoms with van der Waals surface area (Å²) in [7, 11) is 0. The van der Waals surface area contributed by atoms with Crippen molar-refractivity contribution in [3.63, 3.8) is 0 Å². The molecule has 0 bridgehead atoms. The molecule has 1 aromatic carbocycles. The summed E-state index contributed by atoms with van der Waals surface area (Å²) in [5, 5.41) is 11.5. The fraction of sp³-hybridized carbons (Fsp3) is 0.429. The molecule has 1 aliphatic heterocycles. The van der Waals surface area contributed by atoms with Crippen molar-refractivity contribution in [2.45, 2.75) is 13.3 Å². The quantitative estimate of drug-likeness (QED) is 0.913. The molecule has 2 heterocycles. The summed E-state index contributed by atoms with van der Waals surface area (Å²) in [6.07, 6.45) is 0.755. The van der Waals surface area contributed by atoms with E-state index in [1.165, 1.54) is 0 Å². The van der Waals surface area contributed by atoms with E-state index in [0.29, 0.717) is 24.3 Å². The zero-order chi connectivity index (χ0) is 14.1. The zero-order valence-corrected chi connectivity index (χ0v) is 11.4. The number of carboxylic acids is 1. The van der Waals surface area contributed by atoms with Crippen molar-refractivity contribution in [1.29, 1.82) is 0 Å². The van der Waals surface area contributed by atoms with E-state index in [1.807, 2.05) is 17.7 Å². The summed E-state index contributed by atoms with van der Waals surface area (Å²) in [5.41, 5.74) is 1.70. The lowest BCUT2D eigenvalue weighted by molar-refractivity contribution is 0.0698. The minimum Gasteiger partial charge on any atom is -0.478 e. The van der Waals surface area contributed by atoms with E-state index in [4.69, 9.17) is 4.74 Å². The highest BCUT2D eigenvalue weighted by molar-refractivity contribution is 6.01. The lowest BCUT2D eigenvalue weighted by atomic mass is 10.2. The molecule has 2 aromatic rings. The van der Waals surface area contributed by atoms with Crippen LogP contribution < -0.4 is 5.01 Å².